The van der Waals surface area contributed by atoms with Crippen LogP contribution in [0.5, 0.6) is 0 Å². The summed E-state index contributed by atoms with van der Waals surface area (Å²) in [6.45, 7) is 1.60. The van der Waals surface area contributed by atoms with Crippen LogP contribution in [0.15, 0.2) is 22.9 Å². The highest BCUT2D eigenvalue weighted by atomic mass is 79.9. The lowest BCUT2D eigenvalue weighted by Crippen LogP contribution is -2.27. The third-order valence-corrected chi connectivity index (χ3v) is 4.13. The minimum atomic E-state index is -1.10. The topological polar surface area (TPSA) is 83.4 Å². The van der Waals surface area contributed by atoms with Gasteiger partial charge in [0.15, 0.2) is 0 Å². The maximum absolute atomic E-state index is 12.3. The molecule has 0 saturated carbocycles. The van der Waals surface area contributed by atoms with Gasteiger partial charge in [-0.05, 0) is 46.5 Å². The van der Waals surface area contributed by atoms with E-state index in [1.807, 2.05) is 0 Å². The van der Waals surface area contributed by atoms with E-state index in [1.54, 1.807) is 19.1 Å². The van der Waals surface area contributed by atoms with E-state index in [2.05, 4.69) is 25.3 Å². The fourth-order valence-corrected chi connectivity index (χ4v) is 2.70. The fraction of sp³-hybridized carbons (Fsp3) is 0.167. The molecule has 0 spiro atoms. The normalized spacial score (nSPS) is 10.3. The number of pyridine rings is 1. The molecule has 0 bridgehead atoms. The summed E-state index contributed by atoms with van der Waals surface area (Å²) in [5.41, 5.74) is 0.820. The average Bonchev–Trinajstić information content (AvgIpc) is 2.80. The Labute approximate surface area is 127 Å². The van der Waals surface area contributed by atoms with Gasteiger partial charge < -0.3 is 10.0 Å². The van der Waals surface area contributed by atoms with Gasteiger partial charge in [-0.15, -0.1) is 0 Å². The molecule has 1 N–H and O–H groups in total. The molecule has 0 radical (unpaired) electrons. The minimum absolute atomic E-state index is 0.0518. The van der Waals surface area contributed by atoms with Crippen molar-refractivity contribution in [2.24, 2.45) is 0 Å². The molecule has 0 fully saturated rings. The van der Waals surface area contributed by atoms with Crippen LogP contribution in [0.4, 0.5) is 5.00 Å². The van der Waals surface area contributed by atoms with Gasteiger partial charge in [0.05, 0.1) is 11.3 Å². The number of rotatable bonds is 3. The molecule has 6 nitrogen and oxygen atoms in total. The van der Waals surface area contributed by atoms with Crippen LogP contribution in [0.3, 0.4) is 0 Å². The number of hydrogen-bond donors (Lipinski definition) is 1. The molecular weight excluding hydrogens is 346 g/mol. The van der Waals surface area contributed by atoms with Crippen molar-refractivity contribution in [2.75, 3.05) is 11.9 Å². The number of halogens is 1. The SMILES string of the molecule is Cc1nsc(N(C)C(=O)c2ccc(Br)nc2)c1C(=O)O. The van der Waals surface area contributed by atoms with E-state index in [9.17, 15) is 14.7 Å². The van der Waals surface area contributed by atoms with Gasteiger partial charge in [0, 0.05) is 13.2 Å². The van der Waals surface area contributed by atoms with Crippen molar-refractivity contribution in [3.8, 4) is 0 Å². The lowest BCUT2D eigenvalue weighted by Gasteiger charge is -2.15. The predicted molar refractivity (Wildman–Crippen MR) is 78.5 cm³/mol. The quantitative estimate of drug-likeness (QED) is 0.855. The van der Waals surface area contributed by atoms with E-state index < -0.39 is 5.97 Å². The Balaban J connectivity index is 2.36. The van der Waals surface area contributed by atoms with Crippen LogP contribution >= 0.6 is 27.5 Å². The first-order valence-corrected chi connectivity index (χ1v) is 7.07. The molecule has 0 unspecified atom stereocenters. The van der Waals surface area contributed by atoms with Gasteiger partial charge in [-0.1, -0.05) is 0 Å². The molecule has 0 aliphatic heterocycles. The summed E-state index contributed by atoms with van der Waals surface area (Å²) >= 11 is 4.17. The molecule has 2 aromatic heterocycles. The monoisotopic (exact) mass is 355 g/mol. The average molecular weight is 356 g/mol. The summed E-state index contributed by atoms with van der Waals surface area (Å²) in [5, 5.41) is 9.49. The van der Waals surface area contributed by atoms with Crippen molar-refractivity contribution in [1.82, 2.24) is 9.36 Å². The zero-order valence-electron chi connectivity index (χ0n) is 10.6. The Morgan fingerprint density at radius 1 is 1.40 bits per heavy atom. The van der Waals surface area contributed by atoms with Crippen molar-refractivity contribution in [3.05, 3.63) is 39.8 Å². The number of carboxylic acid groups (broad SMARTS) is 1. The Bertz CT molecular complexity index is 669. The van der Waals surface area contributed by atoms with E-state index in [-0.39, 0.29) is 11.5 Å². The number of aromatic nitrogens is 2. The van der Waals surface area contributed by atoms with Crippen molar-refractivity contribution in [1.29, 1.82) is 0 Å². The first-order valence-electron chi connectivity index (χ1n) is 5.51. The Morgan fingerprint density at radius 3 is 2.65 bits per heavy atom. The minimum Gasteiger partial charge on any atom is -0.478 e. The van der Waals surface area contributed by atoms with Crippen LogP contribution in [0, 0.1) is 6.92 Å². The lowest BCUT2D eigenvalue weighted by molar-refractivity contribution is 0.0697. The van der Waals surface area contributed by atoms with Crippen LogP contribution in [-0.2, 0) is 0 Å². The first kappa shape index (κ1) is 14.6. The van der Waals surface area contributed by atoms with Crippen molar-refractivity contribution in [2.45, 2.75) is 6.92 Å². The zero-order valence-corrected chi connectivity index (χ0v) is 13.0. The van der Waals surface area contributed by atoms with Gasteiger partial charge in [-0.25, -0.2) is 9.78 Å². The first-order chi connectivity index (χ1) is 9.41. The third-order valence-electron chi connectivity index (χ3n) is 2.64. The van der Waals surface area contributed by atoms with Crippen LogP contribution in [0.1, 0.15) is 26.4 Å². The largest absolute Gasteiger partial charge is 0.478 e. The molecule has 0 aromatic carbocycles. The Morgan fingerprint density at radius 2 is 2.10 bits per heavy atom. The van der Waals surface area contributed by atoms with Crippen LogP contribution in [0.25, 0.3) is 0 Å². The van der Waals surface area contributed by atoms with Gasteiger partial charge in [0.25, 0.3) is 5.91 Å². The second-order valence-corrected chi connectivity index (χ2v) is 5.55. The third kappa shape index (κ3) is 2.70. The summed E-state index contributed by atoms with van der Waals surface area (Å²) in [7, 11) is 1.52. The number of aromatic carboxylic acids is 1. The Kier molecular flexibility index (Phi) is 4.15. The molecule has 20 heavy (non-hydrogen) atoms. The second-order valence-electron chi connectivity index (χ2n) is 3.99. The molecule has 0 aliphatic carbocycles. The van der Waals surface area contributed by atoms with E-state index in [0.717, 1.165) is 11.5 Å². The summed E-state index contributed by atoms with van der Waals surface area (Å²) in [6.07, 6.45) is 1.43. The van der Waals surface area contributed by atoms with E-state index in [0.29, 0.717) is 20.9 Å². The highest BCUT2D eigenvalue weighted by Gasteiger charge is 2.24. The second kappa shape index (κ2) is 5.68. The lowest BCUT2D eigenvalue weighted by atomic mass is 10.2. The number of nitrogens with zero attached hydrogens (tertiary/aromatic N) is 3. The summed E-state index contributed by atoms with van der Waals surface area (Å²) in [6, 6.07) is 3.27. The van der Waals surface area contributed by atoms with Gasteiger partial charge in [0.2, 0.25) is 0 Å². The molecule has 1 amide bonds. The molecule has 2 aromatic rings. The van der Waals surface area contributed by atoms with Crippen molar-refractivity contribution in [3.63, 3.8) is 0 Å². The molecule has 2 heterocycles. The predicted octanol–water partition coefficient (Wildman–Crippen LogP) is 2.58. The number of amides is 1. The summed E-state index contributed by atoms with van der Waals surface area (Å²) in [4.78, 5) is 28.8. The van der Waals surface area contributed by atoms with Crippen LogP contribution < -0.4 is 4.90 Å². The maximum Gasteiger partial charge on any atom is 0.340 e. The van der Waals surface area contributed by atoms with Crippen molar-refractivity contribution >= 4 is 44.3 Å². The van der Waals surface area contributed by atoms with Gasteiger partial charge in [0.1, 0.15) is 15.2 Å². The molecule has 2 rings (SSSR count). The molecule has 0 aliphatic rings. The van der Waals surface area contributed by atoms with Crippen LogP contribution in [-0.4, -0.2) is 33.4 Å². The number of carboxylic acids is 1. The molecule has 8 heteroatoms. The highest BCUT2D eigenvalue weighted by Crippen LogP contribution is 2.28. The van der Waals surface area contributed by atoms with E-state index >= 15 is 0 Å². The zero-order chi connectivity index (χ0) is 14.9. The van der Waals surface area contributed by atoms with Crippen molar-refractivity contribution < 1.29 is 14.7 Å². The summed E-state index contributed by atoms with van der Waals surface area (Å²) < 4.78 is 4.61. The molecule has 0 atom stereocenters. The molecule has 104 valence electrons. The Hall–Kier alpha value is -1.80. The fourth-order valence-electron chi connectivity index (χ4n) is 1.62. The number of aryl methyl sites for hydroxylation is 1. The summed E-state index contributed by atoms with van der Waals surface area (Å²) in [5.74, 6) is -1.43. The van der Waals surface area contributed by atoms with Gasteiger partial charge >= 0.3 is 5.97 Å². The standard InChI is InChI=1S/C12H10BrN3O3S/c1-6-9(12(18)19)11(20-15-6)16(2)10(17)7-3-4-8(13)14-5-7/h3-5H,1-2H3,(H,18,19). The maximum atomic E-state index is 12.3. The number of carbonyl (C=O) groups is 2. The molecule has 0 saturated heterocycles. The number of hydrogen-bond acceptors (Lipinski definition) is 5. The number of carbonyl (C=O) groups excluding carboxylic acids is 1. The molecular formula is C12H10BrN3O3S. The number of anilines is 1. The van der Waals surface area contributed by atoms with Gasteiger partial charge in [-0.3, -0.25) is 4.79 Å². The highest BCUT2D eigenvalue weighted by molar-refractivity contribution is 9.10. The smallest absolute Gasteiger partial charge is 0.340 e. The van der Waals surface area contributed by atoms with E-state index in [4.69, 9.17) is 0 Å². The van der Waals surface area contributed by atoms with E-state index in [1.165, 1.54) is 18.1 Å². The van der Waals surface area contributed by atoms with Crippen LogP contribution in [0.2, 0.25) is 0 Å². The van der Waals surface area contributed by atoms with Gasteiger partial charge in [-0.2, -0.15) is 4.37 Å².